The molecule has 1 fully saturated rings. The number of halogens is 1. The van der Waals surface area contributed by atoms with E-state index in [2.05, 4.69) is 9.97 Å². The van der Waals surface area contributed by atoms with Crippen molar-refractivity contribution in [3.8, 4) is 22.9 Å². The summed E-state index contributed by atoms with van der Waals surface area (Å²) in [5.41, 5.74) is 6.19. The van der Waals surface area contributed by atoms with E-state index in [4.69, 9.17) is 19.9 Å². The van der Waals surface area contributed by atoms with Gasteiger partial charge in [-0.05, 0) is 55.2 Å². The first kappa shape index (κ1) is 28.2. The fourth-order valence-corrected chi connectivity index (χ4v) is 4.85. The number of rotatable bonds is 11. The SMILES string of the molecule is CC(C)COc1cc(F)cc(-c2ccc(C(=O)NS(=O)(=O)c3cccc(N)n3)c(OCCC3CCCO3)n2)c1. The summed E-state index contributed by atoms with van der Waals surface area (Å²) in [6.07, 6.45) is 2.45. The van der Waals surface area contributed by atoms with Crippen molar-refractivity contribution in [1.82, 2.24) is 14.7 Å². The number of aromatic nitrogens is 2. The average Bonchev–Trinajstić information content (AvgIpc) is 3.40. The molecule has 2 aromatic heterocycles. The van der Waals surface area contributed by atoms with Gasteiger partial charge in [0.25, 0.3) is 15.9 Å². The minimum atomic E-state index is -4.33. The van der Waals surface area contributed by atoms with Gasteiger partial charge in [-0.3, -0.25) is 4.79 Å². The lowest BCUT2D eigenvalue weighted by Gasteiger charge is -2.15. The summed E-state index contributed by atoms with van der Waals surface area (Å²) in [5, 5.41) is -0.407. The molecule has 3 heterocycles. The van der Waals surface area contributed by atoms with E-state index in [1.807, 2.05) is 18.6 Å². The molecule has 1 amide bonds. The highest BCUT2D eigenvalue weighted by atomic mass is 32.2. The Hall–Kier alpha value is -3.77. The fourth-order valence-electron chi connectivity index (χ4n) is 3.91. The van der Waals surface area contributed by atoms with Gasteiger partial charge in [0.2, 0.25) is 5.88 Å². The van der Waals surface area contributed by atoms with Crippen LogP contribution < -0.4 is 19.9 Å². The number of nitrogens with one attached hydrogen (secondary N) is 1. The molecular formula is C27H31FN4O6S. The van der Waals surface area contributed by atoms with E-state index in [1.54, 1.807) is 6.07 Å². The number of hydrogen-bond donors (Lipinski definition) is 2. The number of benzene rings is 1. The zero-order valence-electron chi connectivity index (χ0n) is 21.7. The Bertz CT molecular complexity index is 1430. The van der Waals surface area contributed by atoms with E-state index < -0.39 is 26.8 Å². The quantitative estimate of drug-likeness (QED) is 0.357. The first-order chi connectivity index (χ1) is 18.6. The second-order valence-corrected chi connectivity index (χ2v) is 11.2. The number of amides is 1. The van der Waals surface area contributed by atoms with Crippen LogP contribution in [0.15, 0.2) is 53.6 Å². The molecular weight excluding hydrogens is 527 g/mol. The van der Waals surface area contributed by atoms with Crippen molar-refractivity contribution in [1.29, 1.82) is 0 Å². The van der Waals surface area contributed by atoms with E-state index in [9.17, 15) is 17.6 Å². The van der Waals surface area contributed by atoms with Gasteiger partial charge in [0.1, 0.15) is 22.9 Å². The molecule has 0 radical (unpaired) electrons. The molecule has 12 heteroatoms. The molecule has 208 valence electrons. The van der Waals surface area contributed by atoms with Crippen LogP contribution in [0, 0.1) is 11.7 Å². The minimum absolute atomic E-state index is 0.0127. The summed E-state index contributed by atoms with van der Waals surface area (Å²) in [5.74, 6) is -1.02. The number of anilines is 1. The fraction of sp³-hybridized carbons (Fsp3) is 0.370. The lowest BCUT2D eigenvalue weighted by atomic mass is 10.1. The summed E-state index contributed by atoms with van der Waals surface area (Å²) in [4.78, 5) is 21.3. The number of nitrogen functional groups attached to an aromatic ring is 1. The van der Waals surface area contributed by atoms with Crippen LogP contribution in [0.3, 0.4) is 0 Å². The van der Waals surface area contributed by atoms with Crippen LogP contribution >= 0.6 is 0 Å². The Balaban J connectivity index is 1.62. The first-order valence-electron chi connectivity index (χ1n) is 12.6. The predicted molar refractivity (Wildman–Crippen MR) is 142 cm³/mol. The number of carbonyl (C=O) groups excluding carboxylic acids is 1. The van der Waals surface area contributed by atoms with Crippen LogP contribution in [0.5, 0.6) is 11.6 Å². The maximum absolute atomic E-state index is 14.4. The van der Waals surface area contributed by atoms with Crippen LogP contribution in [0.1, 0.15) is 43.5 Å². The molecule has 0 bridgehead atoms. The van der Waals surface area contributed by atoms with Gasteiger partial charge in [0.15, 0.2) is 5.03 Å². The second kappa shape index (κ2) is 12.4. The number of pyridine rings is 2. The van der Waals surface area contributed by atoms with Crippen molar-refractivity contribution in [2.75, 3.05) is 25.6 Å². The molecule has 0 spiro atoms. The number of ether oxygens (including phenoxy) is 3. The third kappa shape index (κ3) is 7.64. The Labute approximate surface area is 226 Å². The highest BCUT2D eigenvalue weighted by Crippen LogP contribution is 2.28. The standard InChI is InChI=1S/C27H31FN4O6S/c1-17(2)16-38-21-14-18(13-19(28)15-21)23-9-8-22(27(30-23)37-12-10-20-5-4-11-36-20)26(33)32-39(34,35)25-7-3-6-24(29)31-25/h3,6-9,13-15,17,20H,4-5,10-12,16H2,1-2H3,(H2,29,31)(H,32,33). The molecule has 39 heavy (non-hydrogen) atoms. The molecule has 1 aromatic carbocycles. The minimum Gasteiger partial charge on any atom is -0.493 e. The number of hydrogen-bond acceptors (Lipinski definition) is 9. The van der Waals surface area contributed by atoms with Crippen molar-refractivity contribution in [3.63, 3.8) is 0 Å². The maximum Gasteiger partial charge on any atom is 0.281 e. The van der Waals surface area contributed by atoms with Crippen LogP contribution in [-0.2, 0) is 14.8 Å². The molecule has 0 aliphatic carbocycles. The highest BCUT2D eigenvalue weighted by molar-refractivity contribution is 7.90. The number of nitrogens with two attached hydrogens (primary N) is 1. The molecule has 4 rings (SSSR count). The highest BCUT2D eigenvalue weighted by Gasteiger charge is 2.24. The normalized spacial score (nSPS) is 15.3. The third-order valence-electron chi connectivity index (χ3n) is 5.81. The number of nitrogens with zero attached hydrogens (tertiary/aromatic N) is 2. The maximum atomic E-state index is 14.4. The topological polar surface area (TPSA) is 143 Å². The van der Waals surface area contributed by atoms with Crippen LogP contribution in [0.4, 0.5) is 10.2 Å². The largest absolute Gasteiger partial charge is 0.493 e. The summed E-state index contributed by atoms with van der Waals surface area (Å²) in [6.45, 7) is 5.23. The van der Waals surface area contributed by atoms with E-state index in [0.717, 1.165) is 12.8 Å². The van der Waals surface area contributed by atoms with Gasteiger partial charge in [-0.15, -0.1) is 0 Å². The third-order valence-corrected chi connectivity index (χ3v) is 7.04. The lowest BCUT2D eigenvalue weighted by Crippen LogP contribution is -2.32. The van der Waals surface area contributed by atoms with Gasteiger partial charge in [0, 0.05) is 24.7 Å². The Morgan fingerprint density at radius 1 is 1.18 bits per heavy atom. The molecule has 1 aliphatic heterocycles. The zero-order valence-corrected chi connectivity index (χ0v) is 22.5. The first-order valence-corrected chi connectivity index (χ1v) is 14.1. The Morgan fingerprint density at radius 3 is 2.72 bits per heavy atom. The summed E-state index contributed by atoms with van der Waals surface area (Å²) >= 11 is 0. The molecule has 1 atom stereocenters. The average molecular weight is 559 g/mol. The number of carbonyl (C=O) groups is 1. The molecule has 0 saturated carbocycles. The van der Waals surface area contributed by atoms with Crippen LogP contribution in [-0.4, -0.2) is 50.2 Å². The van der Waals surface area contributed by atoms with Gasteiger partial charge in [-0.25, -0.2) is 19.1 Å². The van der Waals surface area contributed by atoms with Crippen molar-refractivity contribution in [3.05, 3.63) is 59.9 Å². The molecule has 3 aromatic rings. The van der Waals surface area contributed by atoms with Crippen molar-refractivity contribution in [2.45, 2.75) is 44.2 Å². The summed E-state index contributed by atoms with van der Waals surface area (Å²) in [6, 6.07) is 11.1. The van der Waals surface area contributed by atoms with Gasteiger partial charge < -0.3 is 19.9 Å². The smallest absolute Gasteiger partial charge is 0.281 e. The monoisotopic (exact) mass is 558 g/mol. The van der Waals surface area contributed by atoms with E-state index in [-0.39, 0.29) is 35.9 Å². The summed E-state index contributed by atoms with van der Waals surface area (Å²) in [7, 11) is -4.33. The van der Waals surface area contributed by atoms with Crippen molar-refractivity contribution in [2.24, 2.45) is 5.92 Å². The molecule has 1 unspecified atom stereocenters. The van der Waals surface area contributed by atoms with E-state index >= 15 is 0 Å². The zero-order chi connectivity index (χ0) is 28.0. The molecule has 3 N–H and O–H groups in total. The van der Waals surface area contributed by atoms with E-state index in [0.29, 0.717) is 36.6 Å². The molecule has 1 saturated heterocycles. The predicted octanol–water partition coefficient (Wildman–Crippen LogP) is 3.97. The second-order valence-electron chi connectivity index (χ2n) is 9.54. The Morgan fingerprint density at radius 2 is 2.00 bits per heavy atom. The van der Waals surface area contributed by atoms with E-state index in [1.165, 1.54) is 42.5 Å². The lowest BCUT2D eigenvalue weighted by molar-refractivity contribution is 0.0888. The Kier molecular flexibility index (Phi) is 8.97. The van der Waals surface area contributed by atoms with Crippen LogP contribution in [0.2, 0.25) is 0 Å². The van der Waals surface area contributed by atoms with Gasteiger partial charge in [-0.2, -0.15) is 8.42 Å². The van der Waals surface area contributed by atoms with Crippen molar-refractivity contribution >= 4 is 21.7 Å². The number of sulfonamides is 1. The molecule has 10 nitrogen and oxygen atoms in total. The summed E-state index contributed by atoms with van der Waals surface area (Å²) < 4.78 is 59.0. The van der Waals surface area contributed by atoms with Crippen LogP contribution in [0.25, 0.3) is 11.3 Å². The van der Waals surface area contributed by atoms with Gasteiger partial charge in [0.05, 0.1) is 25.0 Å². The van der Waals surface area contributed by atoms with Gasteiger partial charge >= 0.3 is 0 Å². The molecule has 1 aliphatic rings. The van der Waals surface area contributed by atoms with Crippen molar-refractivity contribution < 1.29 is 31.8 Å². The van der Waals surface area contributed by atoms with Gasteiger partial charge in [-0.1, -0.05) is 19.9 Å².